The molecule has 1 unspecified atom stereocenters. The van der Waals surface area contributed by atoms with Crippen molar-refractivity contribution in [3.63, 3.8) is 0 Å². The van der Waals surface area contributed by atoms with Gasteiger partial charge in [0.1, 0.15) is 0 Å². The van der Waals surface area contributed by atoms with Gasteiger partial charge in [0.05, 0.1) is 6.61 Å². The van der Waals surface area contributed by atoms with Crippen LogP contribution in [-0.2, 0) is 0 Å². The maximum atomic E-state index is 9.25. The van der Waals surface area contributed by atoms with E-state index in [0.717, 1.165) is 19.6 Å². The summed E-state index contributed by atoms with van der Waals surface area (Å²) in [4.78, 5) is 2.42. The van der Waals surface area contributed by atoms with Crippen molar-refractivity contribution in [1.82, 2.24) is 10.2 Å². The normalized spacial score (nSPS) is 27.9. The van der Waals surface area contributed by atoms with Crippen molar-refractivity contribution in [3.05, 3.63) is 0 Å². The third kappa shape index (κ3) is 3.23. The Morgan fingerprint density at radius 2 is 2.21 bits per heavy atom. The number of hydrogen-bond acceptors (Lipinski definition) is 3. The topological polar surface area (TPSA) is 35.5 Å². The fraction of sp³-hybridized carbons (Fsp3) is 1.00. The Labute approximate surface area is 87.5 Å². The van der Waals surface area contributed by atoms with E-state index in [4.69, 9.17) is 0 Å². The van der Waals surface area contributed by atoms with Gasteiger partial charge in [-0.1, -0.05) is 13.3 Å². The number of nitrogens with zero attached hydrogens (tertiary/aromatic N) is 1. The van der Waals surface area contributed by atoms with Gasteiger partial charge in [0.15, 0.2) is 0 Å². The summed E-state index contributed by atoms with van der Waals surface area (Å²) in [5.41, 5.74) is 0.194. The van der Waals surface area contributed by atoms with E-state index in [1.807, 2.05) is 0 Å². The van der Waals surface area contributed by atoms with Crippen LogP contribution in [0.5, 0.6) is 0 Å². The maximum Gasteiger partial charge on any atom is 0.0599 e. The average Bonchev–Trinajstić information content (AvgIpc) is 2.14. The Morgan fingerprint density at radius 3 is 2.79 bits per heavy atom. The zero-order valence-corrected chi connectivity index (χ0v) is 9.71. The molecule has 0 radical (unpaired) electrons. The Bertz CT molecular complexity index is 171. The lowest BCUT2D eigenvalue weighted by atomic mass is 9.98. The Balaban J connectivity index is 2.47. The number of aliphatic hydroxyl groups excluding tert-OH is 1. The summed E-state index contributed by atoms with van der Waals surface area (Å²) in [6, 6.07) is 0.314. The largest absolute Gasteiger partial charge is 0.395 e. The highest BCUT2D eigenvalue weighted by Crippen LogP contribution is 2.15. The first kappa shape index (κ1) is 12.0. The van der Waals surface area contributed by atoms with Crippen molar-refractivity contribution >= 4 is 0 Å². The van der Waals surface area contributed by atoms with Gasteiger partial charge in [-0.05, 0) is 26.8 Å². The zero-order valence-electron chi connectivity index (χ0n) is 9.71. The molecule has 0 bridgehead atoms. The van der Waals surface area contributed by atoms with E-state index in [2.05, 4.69) is 31.0 Å². The predicted octanol–water partition coefficient (Wildman–Crippen LogP) is 0.831. The molecule has 0 spiro atoms. The maximum absolute atomic E-state index is 9.25. The molecule has 1 aliphatic heterocycles. The molecule has 1 heterocycles. The van der Waals surface area contributed by atoms with E-state index in [1.54, 1.807) is 0 Å². The van der Waals surface area contributed by atoms with Crippen molar-refractivity contribution in [2.75, 3.05) is 26.2 Å². The number of piperazine rings is 1. The molecular formula is C11H24N2O. The van der Waals surface area contributed by atoms with Crippen LogP contribution in [-0.4, -0.2) is 47.8 Å². The highest BCUT2D eigenvalue weighted by atomic mass is 16.3. The predicted molar refractivity (Wildman–Crippen MR) is 59.4 cm³/mol. The molecule has 1 rings (SSSR count). The van der Waals surface area contributed by atoms with Gasteiger partial charge in [0, 0.05) is 24.7 Å². The van der Waals surface area contributed by atoms with Gasteiger partial charge in [-0.2, -0.15) is 0 Å². The molecule has 1 aliphatic rings. The van der Waals surface area contributed by atoms with Gasteiger partial charge in [0.25, 0.3) is 0 Å². The summed E-state index contributed by atoms with van der Waals surface area (Å²) in [6.45, 7) is 9.99. The zero-order chi connectivity index (χ0) is 10.6. The molecule has 14 heavy (non-hydrogen) atoms. The van der Waals surface area contributed by atoms with Crippen LogP contribution in [0.4, 0.5) is 0 Å². The molecule has 1 fully saturated rings. The molecule has 0 amide bonds. The van der Waals surface area contributed by atoms with Gasteiger partial charge in [0.2, 0.25) is 0 Å². The number of unbranched alkanes of at least 4 members (excludes halogenated alkanes) is 1. The minimum atomic E-state index is 0.194. The van der Waals surface area contributed by atoms with Crippen LogP contribution in [0.15, 0.2) is 0 Å². The molecule has 0 aromatic carbocycles. The summed E-state index contributed by atoms with van der Waals surface area (Å²) in [5.74, 6) is 0. The molecule has 2 N–H and O–H groups in total. The molecular weight excluding hydrogens is 176 g/mol. The van der Waals surface area contributed by atoms with Gasteiger partial charge in [-0.3, -0.25) is 4.90 Å². The molecule has 1 saturated heterocycles. The highest BCUT2D eigenvalue weighted by Gasteiger charge is 2.31. The van der Waals surface area contributed by atoms with Crippen LogP contribution in [0.25, 0.3) is 0 Å². The van der Waals surface area contributed by atoms with Gasteiger partial charge in [-0.15, -0.1) is 0 Å². The number of rotatable bonds is 4. The summed E-state index contributed by atoms with van der Waals surface area (Å²) in [7, 11) is 0. The van der Waals surface area contributed by atoms with E-state index in [9.17, 15) is 5.11 Å². The van der Waals surface area contributed by atoms with E-state index < -0.39 is 0 Å². The van der Waals surface area contributed by atoms with E-state index in [-0.39, 0.29) is 12.1 Å². The van der Waals surface area contributed by atoms with Crippen molar-refractivity contribution < 1.29 is 5.11 Å². The van der Waals surface area contributed by atoms with Crippen LogP contribution in [0, 0.1) is 0 Å². The van der Waals surface area contributed by atoms with Crippen molar-refractivity contribution in [3.8, 4) is 0 Å². The van der Waals surface area contributed by atoms with Crippen molar-refractivity contribution in [2.45, 2.75) is 45.2 Å². The second-order valence-electron chi connectivity index (χ2n) is 4.93. The molecule has 3 heteroatoms. The first-order valence-electron chi connectivity index (χ1n) is 5.69. The summed E-state index contributed by atoms with van der Waals surface area (Å²) >= 11 is 0. The lowest BCUT2D eigenvalue weighted by molar-refractivity contribution is 0.0562. The quantitative estimate of drug-likeness (QED) is 0.705. The molecule has 0 aromatic heterocycles. The second-order valence-corrected chi connectivity index (χ2v) is 4.93. The first-order chi connectivity index (χ1) is 6.59. The number of nitrogens with one attached hydrogen (secondary N) is 1. The third-order valence-electron chi connectivity index (χ3n) is 2.94. The van der Waals surface area contributed by atoms with Crippen LogP contribution in [0.1, 0.15) is 33.6 Å². The van der Waals surface area contributed by atoms with Gasteiger partial charge >= 0.3 is 0 Å². The van der Waals surface area contributed by atoms with Crippen LogP contribution in [0.2, 0.25) is 0 Å². The first-order valence-corrected chi connectivity index (χ1v) is 5.69. The lowest BCUT2D eigenvalue weighted by Gasteiger charge is -2.44. The van der Waals surface area contributed by atoms with E-state index in [0.29, 0.717) is 6.04 Å². The Hall–Kier alpha value is -0.120. The number of hydrogen-bond donors (Lipinski definition) is 2. The van der Waals surface area contributed by atoms with E-state index in [1.165, 1.54) is 12.8 Å². The van der Waals surface area contributed by atoms with Crippen LogP contribution in [0.3, 0.4) is 0 Å². The molecule has 3 nitrogen and oxygen atoms in total. The smallest absolute Gasteiger partial charge is 0.0599 e. The molecule has 0 aromatic rings. The third-order valence-corrected chi connectivity index (χ3v) is 2.94. The highest BCUT2D eigenvalue weighted by molar-refractivity contribution is 4.91. The van der Waals surface area contributed by atoms with Crippen LogP contribution < -0.4 is 5.32 Å². The fourth-order valence-corrected chi connectivity index (χ4v) is 2.02. The molecule has 1 atom stereocenters. The van der Waals surface area contributed by atoms with Gasteiger partial charge < -0.3 is 10.4 Å². The van der Waals surface area contributed by atoms with Gasteiger partial charge in [-0.25, -0.2) is 0 Å². The van der Waals surface area contributed by atoms with Crippen molar-refractivity contribution in [2.24, 2.45) is 0 Å². The number of aliphatic hydroxyl groups is 1. The summed E-state index contributed by atoms with van der Waals surface area (Å²) < 4.78 is 0. The average molecular weight is 200 g/mol. The van der Waals surface area contributed by atoms with Crippen LogP contribution >= 0.6 is 0 Å². The lowest BCUT2D eigenvalue weighted by Crippen LogP contribution is -2.62. The molecule has 0 aliphatic carbocycles. The van der Waals surface area contributed by atoms with Crippen molar-refractivity contribution in [1.29, 1.82) is 0 Å². The minimum Gasteiger partial charge on any atom is -0.395 e. The summed E-state index contributed by atoms with van der Waals surface area (Å²) in [6.07, 6.45) is 2.45. The standard InChI is InChI=1S/C11H24N2O/c1-4-5-6-13-9-11(2,3)12-7-10(13)8-14/h10,12,14H,4-9H2,1-3H3. The molecule has 84 valence electrons. The Kier molecular flexibility index (Phi) is 4.35. The van der Waals surface area contributed by atoms with E-state index >= 15 is 0 Å². The second kappa shape index (κ2) is 5.10. The summed E-state index contributed by atoms with van der Waals surface area (Å²) in [5, 5.41) is 12.7. The monoisotopic (exact) mass is 200 g/mol. The minimum absolute atomic E-state index is 0.194. The molecule has 0 saturated carbocycles. The fourth-order valence-electron chi connectivity index (χ4n) is 2.02. The Morgan fingerprint density at radius 1 is 1.50 bits per heavy atom. The SMILES string of the molecule is CCCCN1CC(C)(C)NCC1CO.